The minimum Gasteiger partial charge on any atom is -0.465 e. The van der Waals surface area contributed by atoms with Crippen LogP contribution in [0, 0.1) is 13.8 Å². The maximum Gasteiger partial charge on any atom is 0.349 e. The number of nitrogens with zero attached hydrogens (tertiary/aromatic N) is 1. The molecule has 0 fully saturated rings. The summed E-state index contributed by atoms with van der Waals surface area (Å²) in [7, 11) is 1.36. The van der Waals surface area contributed by atoms with Gasteiger partial charge in [-0.05, 0) is 26.0 Å². The van der Waals surface area contributed by atoms with E-state index in [1.54, 1.807) is 6.92 Å². The number of carbonyl (C=O) groups is 1. The van der Waals surface area contributed by atoms with Gasteiger partial charge in [0.2, 0.25) is 0 Å². The third-order valence-electron chi connectivity index (χ3n) is 2.12. The Labute approximate surface area is 96.9 Å². The number of aryl methyl sites for hydroxylation is 2. The van der Waals surface area contributed by atoms with E-state index in [0.29, 0.717) is 21.3 Å². The zero-order chi connectivity index (χ0) is 11.7. The third kappa shape index (κ3) is 1.86. The highest BCUT2D eigenvalue weighted by Gasteiger charge is 2.17. The van der Waals surface area contributed by atoms with Crippen LogP contribution in [0.15, 0.2) is 16.5 Å². The molecular formula is C11H11NO3S. The molecule has 0 bridgehead atoms. The van der Waals surface area contributed by atoms with Crippen LogP contribution in [0.1, 0.15) is 21.1 Å². The monoisotopic (exact) mass is 237 g/mol. The fourth-order valence-electron chi connectivity index (χ4n) is 1.33. The molecule has 0 spiro atoms. The summed E-state index contributed by atoms with van der Waals surface area (Å²) in [4.78, 5) is 16.2. The fourth-order valence-corrected chi connectivity index (χ4v) is 2.28. The molecule has 0 saturated heterocycles. The Morgan fingerprint density at radius 2 is 2.19 bits per heavy atom. The second kappa shape index (κ2) is 4.09. The minimum absolute atomic E-state index is 0.357. The van der Waals surface area contributed by atoms with Gasteiger partial charge in [-0.2, -0.15) is 0 Å². The number of carbonyl (C=O) groups excluding carboxylic acids is 1. The molecule has 0 radical (unpaired) electrons. The highest BCUT2D eigenvalue weighted by molar-refractivity contribution is 7.17. The molecule has 2 aromatic heterocycles. The Hall–Kier alpha value is -1.62. The SMILES string of the molecule is COC(=O)c1sc(-c2ccc(C)o2)nc1C. The molecule has 0 aromatic carbocycles. The van der Waals surface area contributed by atoms with E-state index in [-0.39, 0.29) is 5.97 Å². The van der Waals surface area contributed by atoms with Crippen molar-refractivity contribution in [2.75, 3.05) is 7.11 Å². The normalized spacial score (nSPS) is 10.4. The number of thiazole rings is 1. The number of hydrogen-bond donors (Lipinski definition) is 0. The van der Waals surface area contributed by atoms with Crippen molar-refractivity contribution in [3.8, 4) is 10.8 Å². The van der Waals surface area contributed by atoms with Crippen molar-refractivity contribution < 1.29 is 13.9 Å². The van der Waals surface area contributed by atoms with Crippen molar-refractivity contribution >= 4 is 17.3 Å². The van der Waals surface area contributed by atoms with Crippen LogP contribution in [-0.2, 0) is 4.74 Å². The van der Waals surface area contributed by atoms with Gasteiger partial charge in [-0.1, -0.05) is 0 Å². The zero-order valence-corrected chi connectivity index (χ0v) is 10.1. The molecule has 4 nitrogen and oxygen atoms in total. The fraction of sp³-hybridized carbons (Fsp3) is 0.273. The van der Waals surface area contributed by atoms with Crippen molar-refractivity contribution in [1.82, 2.24) is 4.98 Å². The smallest absolute Gasteiger partial charge is 0.349 e. The predicted molar refractivity (Wildman–Crippen MR) is 60.6 cm³/mol. The summed E-state index contributed by atoms with van der Waals surface area (Å²) in [6, 6.07) is 3.71. The van der Waals surface area contributed by atoms with Gasteiger partial charge in [-0.15, -0.1) is 11.3 Å². The van der Waals surface area contributed by atoms with E-state index in [2.05, 4.69) is 9.72 Å². The van der Waals surface area contributed by atoms with Crippen molar-refractivity contribution in [2.45, 2.75) is 13.8 Å². The largest absolute Gasteiger partial charge is 0.465 e. The molecule has 84 valence electrons. The highest BCUT2D eigenvalue weighted by Crippen LogP contribution is 2.29. The highest BCUT2D eigenvalue weighted by atomic mass is 32.1. The Morgan fingerprint density at radius 1 is 1.44 bits per heavy atom. The van der Waals surface area contributed by atoms with Crippen LogP contribution >= 0.6 is 11.3 Å². The maximum absolute atomic E-state index is 11.4. The molecule has 2 heterocycles. The number of esters is 1. The molecule has 0 amide bonds. The Bertz CT molecular complexity index is 527. The molecule has 0 saturated carbocycles. The molecule has 16 heavy (non-hydrogen) atoms. The molecule has 0 aliphatic rings. The summed E-state index contributed by atoms with van der Waals surface area (Å²) < 4.78 is 10.1. The van der Waals surface area contributed by atoms with Crippen LogP contribution in [0.4, 0.5) is 0 Å². The number of furan rings is 1. The summed E-state index contributed by atoms with van der Waals surface area (Å²) >= 11 is 1.28. The van der Waals surface area contributed by atoms with Gasteiger partial charge >= 0.3 is 5.97 Å². The van der Waals surface area contributed by atoms with E-state index < -0.39 is 0 Å². The van der Waals surface area contributed by atoms with Crippen LogP contribution in [-0.4, -0.2) is 18.1 Å². The van der Waals surface area contributed by atoms with E-state index in [0.717, 1.165) is 5.76 Å². The molecule has 5 heteroatoms. The topological polar surface area (TPSA) is 52.3 Å². The summed E-state index contributed by atoms with van der Waals surface area (Å²) in [5.74, 6) is 1.15. The van der Waals surface area contributed by atoms with Crippen LogP contribution in [0.3, 0.4) is 0 Å². The van der Waals surface area contributed by atoms with Crippen molar-refractivity contribution in [3.63, 3.8) is 0 Å². The van der Waals surface area contributed by atoms with Gasteiger partial charge in [0.1, 0.15) is 10.6 Å². The second-order valence-electron chi connectivity index (χ2n) is 3.34. The van der Waals surface area contributed by atoms with E-state index in [1.807, 2.05) is 19.1 Å². The van der Waals surface area contributed by atoms with E-state index in [1.165, 1.54) is 18.4 Å². The van der Waals surface area contributed by atoms with Crippen molar-refractivity contribution in [3.05, 3.63) is 28.5 Å². The van der Waals surface area contributed by atoms with Crippen molar-refractivity contribution in [2.24, 2.45) is 0 Å². The zero-order valence-electron chi connectivity index (χ0n) is 9.23. The van der Waals surface area contributed by atoms with Crippen molar-refractivity contribution in [1.29, 1.82) is 0 Å². The van der Waals surface area contributed by atoms with E-state index in [9.17, 15) is 4.79 Å². The lowest BCUT2D eigenvalue weighted by molar-refractivity contribution is 0.0605. The predicted octanol–water partition coefficient (Wildman–Crippen LogP) is 2.81. The average molecular weight is 237 g/mol. The lowest BCUT2D eigenvalue weighted by Gasteiger charge is -1.93. The van der Waals surface area contributed by atoms with E-state index in [4.69, 9.17) is 4.42 Å². The molecule has 0 unspecified atom stereocenters. The molecule has 0 N–H and O–H groups in total. The summed E-state index contributed by atoms with van der Waals surface area (Å²) in [6.07, 6.45) is 0. The molecular weight excluding hydrogens is 226 g/mol. The molecule has 0 aliphatic heterocycles. The van der Waals surface area contributed by atoms with E-state index >= 15 is 0 Å². The first-order valence-electron chi connectivity index (χ1n) is 4.74. The van der Waals surface area contributed by atoms with Crippen LogP contribution in [0.5, 0.6) is 0 Å². The molecule has 0 aliphatic carbocycles. The maximum atomic E-state index is 11.4. The average Bonchev–Trinajstić information content (AvgIpc) is 2.83. The van der Waals surface area contributed by atoms with Gasteiger partial charge in [0.15, 0.2) is 10.8 Å². The molecule has 2 rings (SSSR count). The third-order valence-corrected chi connectivity index (χ3v) is 3.27. The Kier molecular flexibility index (Phi) is 2.78. The van der Waals surface area contributed by atoms with Crippen LogP contribution in [0.25, 0.3) is 10.8 Å². The number of hydrogen-bond acceptors (Lipinski definition) is 5. The minimum atomic E-state index is -0.357. The number of aromatic nitrogens is 1. The van der Waals surface area contributed by atoms with Gasteiger partial charge in [-0.3, -0.25) is 0 Å². The number of ether oxygens (including phenoxy) is 1. The van der Waals surface area contributed by atoms with Crippen LogP contribution < -0.4 is 0 Å². The van der Waals surface area contributed by atoms with Gasteiger partial charge < -0.3 is 9.15 Å². The molecule has 0 atom stereocenters. The quantitative estimate of drug-likeness (QED) is 0.754. The van der Waals surface area contributed by atoms with Gasteiger partial charge in [0.05, 0.1) is 12.8 Å². The standard InChI is InChI=1S/C11H11NO3S/c1-6-4-5-8(15-6)10-12-7(2)9(16-10)11(13)14-3/h4-5H,1-3H3. The number of methoxy groups -OCH3 is 1. The second-order valence-corrected chi connectivity index (χ2v) is 4.33. The van der Waals surface area contributed by atoms with Crippen LogP contribution in [0.2, 0.25) is 0 Å². The lowest BCUT2D eigenvalue weighted by Crippen LogP contribution is -1.99. The number of rotatable bonds is 2. The molecule has 2 aromatic rings. The van der Waals surface area contributed by atoms with Gasteiger partial charge in [-0.25, -0.2) is 9.78 Å². The summed E-state index contributed by atoms with van der Waals surface area (Å²) in [6.45, 7) is 3.65. The first-order chi connectivity index (χ1) is 7.61. The Morgan fingerprint density at radius 3 is 2.75 bits per heavy atom. The van der Waals surface area contributed by atoms with Gasteiger partial charge in [0.25, 0.3) is 0 Å². The summed E-state index contributed by atoms with van der Waals surface area (Å²) in [5, 5.41) is 0.700. The Balaban J connectivity index is 2.41. The van der Waals surface area contributed by atoms with Gasteiger partial charge in [0, 0.05) is 0 Å². The lowest BCUT2D eigenvalue weighted by atomic mass is 10.4. The first-order valence-corrected chi connectivity index (χ1v) is 5.56. The first kappa shape index (κ1) is 10.9. The summed E-state index contributed by atoms with van der Waals surface area (Å²) in [5.41, 5.74) is 0.668.